The van der Waals surface area contributed by atoms with Crippen molar-refractivity contribution in [3.8, 4) is 0 Å². The largest absolute Gasteiger partial charge is 0.235 e. The average Bonchev–Trinajstić information content (AvgIpc) is 3.12. The van der Waals surface area contributed by atoms with Crippen molar-refractivity contribution in [2.24, 2.45) is 5.92 Å². The Morgan fingerprint density at radius 1 is 1.29 bits per heavy atom. The summed E-state index contributed by atoms with van der Waals surface area (Å²) in [5, 5.41) is 1.28. The molecule has 1 aromatic carbocycles. The van der Waals surface area contributed by atoms with E-state index < -0.39 is 10.0 Å². The second-order valence-corrected chi connectivity index (χ2v) is 6.41. The highest BCUT2D eigenvalue weighted by Crippen LogP contribution is 2.30. The molecular formula is C13H17NO2S. The number of hydrogen-bond acceptors (Lipinski definition) is 2. The van der Waals surface area contributed by atoms with Gasteiger partial charge in [-0.1, -0.05) is 30.3 Å². The van der Waals surface area contributed by atoms with Crippen molar-refractivity contribution < 1.29 is 8.42 Å². The maximum Gasteiger partial charge on any atom is 0.235 e. The molecule has 92 valence electrons. The van der Waals surface area contributed by atoms with Gasteiger partial charge in [-0.2, -0.15) is 0 Å². The summed E-state index contributed by atoms with van der Waals surface area (Å²) < 4.78 is 25.2. The highest BCUT2D eigenvalue weighted by molar-refractivity contribution is 7.92. The van der Waals surface area contributed by atoms with Gasteiger partial charge >= 0.3 is 0 Å². The van der Waals surface area contributed by atoms with Crippen molar-refractivity contribution >= 4 is 16.1 Å². The molecule has 0 aromatic heterocycles. The molecule has 2 rings (SSSR count). The van der Waals surface area contributed by atoms with Crippen LogP contribution in [0.2, 0.25) is 0 Å². The lowest BCUT2D eigenvalue weighted by Crippen LogP contribution is -2.26. The Bertz CT molecular complexity index is 489. The van der Waals surface area contributed by atoms with E-state index in [2.05, 4.69) is 0 Å². The summed E-state index contributed by atoms with van der Waals surface area (Å²) >= 11 is 0. The first kappa shape index (κ1) is 12.3. The lowest BCUT2D eigenvalue weighted by molar-refractivity contribution is 0.460. The van der Waals surface area contributed by atoms with E-state index in [-0.39, 0.29) is 0 Å². The predicted molar refractivity (Wildman–Crippen MR) is 69.7 cm³/mol. The molecule has 0 bridgehead atoms. The molecule has 0 spiro atoms. The van der Waals surface area contributed by atoms with E-state index in [0.29, 0.717) is 12.5 Å². The van der Waals surface area contributed by atoms with E-state index in [0.717, 1.165) is 18.4 Å². The third kappa shape index (κ3) is 3.68. The van der Waals surface area contributed by atoms with Crippen LogP contribution in [-0.4, -0.2) is 26.3 Å². The molecule has 0 radical (unpaired) electrons. The fraction of sp³-hybridized carbons (Fsp3) is 0.385. The molecular weight excluding hydrogens is 234 g/mol. The Morgan fingerprint density at radius 2 is 1.94 bits per heavy atom. The molecule has 1 saturated carbocycles. The summed E-state index contributed by atoms with van der Waals surface area (Å²) in [6.45, 7) is 0.640. The second-order valence-electron chi connectivity index (χ2n) is 4.48. The van der Waals surface area contributed by atoms with Crippen molar-refractivity contribution in [1.82, 2.24) is 4.31 Å². The molecule has 0 heterocycles. The Hall–Kier alpha value is -1.13. The number of benzene rings is 1. The lowest BCUT2D eigenvalue weighted by Gasteiger charge is -2.13. The van der Waals surface area contributed by atoms with Gasteiger partial charge in [0.1, 0.15) is 0 Å². The number of hydrogen-bond donors (Lipinski definition) is 0. The lowest BCUT2D eigenvalue weighted by atomic mass is 10.2. The van der Waals surface area contributed by atoms with Gasteiger partial charge in [-0.05, 0) is 30.4 Å². The first-order chi connectivity index (χ1) is 8.08. The maximum absolute atomic E-state index is 11.9. The molecule has 0 saturated heterocycles. The van der Waals surface area contributed by atoms with Gasteiger partial charge in [-0.3, -0.25) is 0 Å². The van der Waals surface area contributed by atoms with Gasteiger partial charge in [0.25, 0.3) is 0 Å². The van der Waals surface area contributed by atoms with E-state index in [4.69, 9.17) is 0 Å². The van der Waals surface area contributed by atoms with Crippen LogP contribution >= 0.6 is 0 Å². The first-order valence-electron chi connectivity index (χ1n) is 5.77. The SMILES string of the molecule is CN(CC1CC1)S(=O)(=O)/C=C/c1ccccc1. The van der Waals surface area contributed by atoms with Crippen LogP contribution < -0.4 is 0 Å². The summed E-state index contributed by atoms with van der Waals surface area (Å²) in [5.74, 6) is 0.569. The fourth-order valence-corrected chi connectivity index (χ4v) is 2.56. The summed E-state index contributed by atoms with van der Waals surface area (Å²) in [5.41, 5.74) is 0.899. The zero-order valence-corrected chi connectivity index (χ0v) is 10.7. The van der Waals surface area contributed by atoms with Gasteiger partial charge < -0.3 is 0 Å². The van der Waals surface area contributed by atoms with Gasteiger partial charge in [0.15, 0.2) is 0 Å². The zero-order chi connectivity index (χ0) is 12.3. The molecule has 1 fully saturated rings. The fourth-order valence-electron chi connectivity index (χ4n) is 1.60. The Kier molecular flexibility index (Phi) is 3.64. The third-order valence-electron chi connectivity index (χ3n) is 2.88. The van der Waals surface area contributed by atoms with Crippen LogP contribution in [0, 0.1) is 5.92 Å². The molecule has 0 atom stereocenters. The van der Waals surface area contributed by atoms with E-state index in [1.807, 2.05) is 30.3 Å². The molecule has 1 aromatic rings. The van der Waals surface area contributed by atoms with E-state index >= 15 is 0 Å². The first-order valence-corrected chi connectivity index (χ1v) is 7.28. The highest BCUT2D eigenvalue weighted by atomic mass is 32.2. The Morgan fingerprint density at radius 3 is 2.53 bits per heavy atom. The van der Waals surface area contributed by atoms with Crippen LogP contribution in [0.3, 0.4) is 0 Å². The second kappa shape index (κ2) is 5.02. The standard InChI is InChI=1S/C13H17NO2S/c1-14(11-13-7-8-13)17(15,16)10-9-12-5-3-2-4-6-12/h2-6,9-10,13H,7-8,11H2,1H3/b10-9+. The van der Waals surface area contributed by atoms with Crippen LogP contribution in [0.25, 0.3) is 6.08 Å². The molecule has 3 nitrogen and oxygen atoms in total. The van der Waals surface area contributed by atoms with E-state index in [1.165, 1.54) is 9.71 Å². The van der Waals surface area contributed by atoms with Gasteiger partial charge in [0.2, 0.25) is 10.0 Å². The van der Waals surface area contributed by atoms with Gasteiger partial charge in [-0.25, -0.2) is 12.7 Å². The van der Waals surface area contributed by atoms with Crippen LogP contribution in [0.4, 0.5) is 0 Å². The molecule has 1 aliphatic carbocycles. The van der Waals surface area contributed by atoms with Crippen LogP contribution in [0.1, 0.15) is 18.4 Å². The summed E-state index contributed by atoms with van der Waals surface area (Å²) in [6, 6.07) is 9.45. The molecule has 1 aliphatic rings. The van der Waals surface area contributed by atoms with Gasteiger partial charge in [-0.15, -0.1) is 0 Å². The highest BCUT2D eigenvalue weighted by Gasteiger charge is 2.26. The van der Waals surface area contributed by atoms with Crippen LogP contribution in [-0.2, 0) is 10.0 Å². The number of sulfonamides is 1. The molecule has 0 N–H and O–H groups in total. The van der Waals surface area contributed by atoms with Crippen LogP contribution in [0.15, 0.2) is 35.7 Å². The minimum Gasteiger partial charge on any atom is -0.208 e. The number of nitrogens with zero attached hydrogens (tertiary/aromatic N) is 1. The average molecular weight is 251 g/mol. The summed E-state index contributed by atoms with van der Waals surface area (Å²) in [6.07, 6.45) is 3.95. The topological polar surface area (TPSA) is 37.4 Å². The van der Waals surface area contributed by atoms with Crippen molar-refractivity contribution in [3.05, 3.63) is 41.3 Å². The van der Waals surface area contributed by atoms with Crippen LogP contribution in [0.5, 0.6) is 0 Å². The molecule has 0 unspecified atom stereocenters. The normalized spacial score (nSPS) is 16.8. The van der Waals surface area contributed by atoms with Crippen molar-refractivity contribution in [2.75, 3.05) is 13.6 Å². The Balaban J connectivity index is 2.03. The van der Waals surface area contributed by atoms with Crippen molar-refractivity contribution in [1.29, 1.82) is 0 Å². The van der Waals surface area contributed by atoms with Gasteiger partial charge in [0.05, 0.1) is 0 Å². The van der Waals surface area contributed by atoms with E-state index in [9.17, 15) is 8.42 Å². The molecule has 4 heteroatoms. The van der Waals surface area contributed by atoms with Crippen molar-refractivity contribution in [2.45, 2.75) is 12.8 Å². The molecule has 0 amide bonds. The zero-order valence-electron chi connectivity index (χ0n) is 9.91. The minimum atomic E-state index is -3.26. The number of rotatable bonds is 5. The smallest absolute Gasteiger partial charge is 0.208 e. The molecule has 17 heavy (non-hydrogen) atoms. The van der Waals surface area contributed by atoms with Crippen molar-refractivity contribution in [3.63, 3.8) is 0 Å². The van der Waals surface area contributed by atoms with E-state index in [1.54, 1.807) is 13.1 Å². The summed E-state index contributed by atoms with van der Waals surface area (Å²) in [7, 11) is -1.62. The minimum absolute atomic E-state index is 0.569. The monoisotopic (exact) mass is 251 g/mol. The van der Waals surface area contributed by atoms with Gasteiger partial charge in [0, 0.05) is 19.0 Å². The maximum atomic E-state index is 11.9. The Labute approximate surface area is 103 Å². The predicted octanol–water partition coefficient (Wildman–Crippen LogP) is 2.33. The third-order valence-corrected chi connectivity index (χ3v) is 4.38. The molecule has 0 aliphatic heterocycles. The summed E-state index contributed by atoms with van der Waals surface area (Å²) in [4.78, 5) is 0. The quantitative estimate of drug-likeness (QED) is 0.805.